The Kier molecular flexibility index (Phi) is 4.99. The van der Waals surface area contributed by atoms with Crippen molar-refractivity contribution < 1.29 is 32.7 Å². The Morgan fingerprint density at radius 2 is 2.09 bits per heavy atom. The lowest BCUT2D eigenvalue weighted by molar-refractivity contribution is 0.0283. The number of nitrogens with zero attached hydrogens (tertiary/aromatic N) is 1. The van der Waals surface area contributed by atoms with Gasteiger partial charge in [0.1, 0.15) is 17.2 Å². The number of nitrogens with one attached hydrogen (secondary N) is 1. The number of halogens is 2. The third-order valence-corrected chi connectivity index (χ3v) is 5.06. The van der Waals surface area contributed by atoms with Crippen LogP contribution in [0.2, 0.25) is 5.02 Å². The maximum atomic E-state index is 14.0. The van der Waals surface area contributed by atoms with Gasteiger partial charge in [-0.15, -0.1) is 0 Å². The molecule has 0 bridgehead atoms. The highest BCUT2D eigenvalue weighted by molar-refractivity contribution is 6.31. The molecule has 8 nitrogen and oxygen atoms in total. The van der Waals surface area contributed by atoms with Gasteiger partial charge in [-0.05, 0) is 45.0 Å². The lowest BCUT2D eigenvalue weighted by Gasteiger charge is -2.28. The number of nitrogens with two attached hydrogens (primary N) is 1. The van der Waals surface area contributed by atoms with Gasteiger partial charge in [-0.3, -0.25) is 4.79 Å². The summed E-state index contributed by atoms with van der Waals surface area (Å²) in [4.78, 5) is 26.1. The summed E-state index contributed by atoms with van der Waals surface area (Å²) in [6.45, 7) is 1.29. The molecule has 4 N–H and O–H groups in total. The number of hydrogen-bond donors (Lipinski definition) is 3. The number of hydrogen-bond acceptors (Lipinski definition) is 6. The quantitative estimate of drug-likeness (QED) is 0.593. The fourth-order valence-corrected chi connectivity index (χ4v) is 3.77. The van der Waals surface area contributed by atoms with E-state index in [2.05, 4.69) is 5.32 Å². The van der Waals surface area contributed by atoms with Gasteiger partial charge in [0.2, 0.25) is 0 Å². The van der Waals surface area contributed by atoms with Crippen LogP contribution in [0.1, 0.15) is 51.9 Å². The van der Waals surface area contributed by atoms with Crippen LogP contribution in [0.25, 0.3) is 0 Å². The van der Waals surface area contributed by atoms with E-state index in [1.165, 1.54) is 19.2 Å². The molecular formula is C22H25ClFN3O5. The number of anilines is 1. The Labute approximate surface area is 194 Å². The number of carbonyl (C=O) groups excluding carboxylic acids is 2. The average Bonchev–Trinajstić information content (AvgIpc) is 2.97. The van der Waals surface area contributed by atoms with Crippen molar-refractivity contribution in [3.63, 3.8) is 0 Å². The lowest BCUT2D eigenvalue weighted by atomic mass is 9.90. The van der Waals surface area contributed by atoms with Gasteiger partial charge in [-0.25, -0.2) is 9.18 Å². The van der Waals surface area contributed by atoms with Crippen LogP contribution in [0.3, 0.4) is 0 Å². The van der Waals surface area contributed by atoms with E-state index >= 15 is 0 Å². The molecule has 0 fully saturated rings. The van der Waals surface area contributed by atoms with Crippen molar-refractivity contribution in [2.45, 2.75) is 38.6 Å². The van der Waals surface area contributed by atoms with E-state index in [1.54, 1.807) is 20.8 Å². The van der Waals surface area contributed by atoms with Crippen LogP contribution >= 0.6 is 11.6 Å². The Hall–Kier alpha value is -3.04. The molecule has 1 heterocycles. The Balaban J connectivity index is 2.17. The first-order valence-corrected chi connectivity index (χ1v) is 9.88. The summed E-state index contributed by atoms with van der Waals surface area (Å²) in [5.74, 6) is -1.67. The molecule has 10 heteroatoms. The first kappa shape index (κ1) is 19.6. The van der Waals surface area contributed by atoms with Gasteiger partial charge >= 0.3 is 6.09 Å². The molecule has 0 aromatic heterocycles. The van der Waals surface area contributed by atoms with Gasteiger partial charge in [-0.2, -0.15) is 0 Å². The second-order valence-corrected chi connectivity index (χ2v) is 8.67. The highest BCUT2D eigenvalue weighted by Crippen LogP contribution is 2.46. The summed E-state index contributed by atoms with van der Waals surface area (Å²) in [7, 11) is 1.22. The highest BCUT2D eigenvalue weighted by atomic mass is 35.5. The molecule has 2 aromatic carbocycles. The fraction of sp³-hybridized carbons (Fsp3) is 0.364. The lowest BCUT2D eigenvalue weighted by Crippen LogP contribution is -2.41. The molecule has 0 spiro atoms. The van der Waals surface area contributed by atoms with Crippen molar-refractivity contribution in [1.82, 2.24) is 10.2 Å². The zero-order chi connectivity index (χ0) is 26.5. The van der Waals surface area contributed by atoms with Crippen LogP contribution in [0.4, 0.5) is 14.9 Å². The van der Waals surface area contributed by atoms with E-state index < -0.39 is 42.7 Å². The molecule has 1 aliphatic heterocycles. The van der Waals surface area contributed by atoms with Gasteiger partial charge in [0.25, 0.3) is 5.91 Å². The summed E-state index contributed by atoms with van der Waals surface area (Å²) >= 11 is 6.17. The zero-order valence-corrected chi connectivity index (χ0v) is 18.6. The summed E-state index contributed by atoms with van der Waals surface area (Å²) in [6.07, 6.45) is -1.12. The molecule has 0 radical (unpaired) electrons. The van der Waals surface area contributed by atoms with Gasteiger partial charge in [-0.1, -0.05) is 11.6 Å². The Morgan fingerprint density at radius 3 is 2.69 bits per heavy atom. The zero-order valence-electron chi connectivity index (χ0n) is 20.9. The molecular weight excluding hydrogens is 441 g/mol. The number of methoxy groups -OCH3 is 1. The highest BCUT2D eigenvalue weighted by Gasteiger charge is 2.48. The molecule has 2 aromatic rings. The predicted octanol–water partition coefficient (Wildman–Crippen LogP) is 3.37. The van der Waals surface area contributed by atoms with Crippen molar-refractivity contribution in [3.8, 4) is 5.75 Å². The van der Waals surface area contributed by atoms with Crippen LogP contribution in [0, 0.1) is 5.82 Å². The predicted molar refractivity (Wildman–Crippen MR) is 117 cm³/mol. The van der Waals surface area contributed by atoms with Gasteiger partial charge in [0.15, 0.2) is 5.72 Å². The molecule has 0 saturated carbocycles. The summed E-state index contributed by atoms with van der Waals surface area (Å²) in [5, 5.41) is 13.7. The van der Waals surface area contributed by atoms with Crippen LogP contribution in [-0.4, -0.2) is 41.7 Å². The van der Waals surface area contributed by atoms with E-state index in [0.717, 1.165) is 12.1 Å². The molecule has 0 aliphatic carbocycles. The minimum atomic E-state index is -2.90. The molecule has 32 heavy (non-hydrogen) atoms. The third kappa shape index (κ3) is 4.18. The molecule has 172 valence electrons. The van der Waals surface area contributed by atoms with Crippen LogP contribution in [0.5, 0.6) is 5.75 Å². The molecule has 1 atom stereocenters. The smallest absolute Gasteiger partial charge is 0.410 e. The van der Waals surface area contributed by atoms with Crippen molar-refractivity contribution in [2.75, 3.05) is 19.8 Å². The minimum Gasteiger partial charge on any atom is -0.496 e. The number of rotatable bonds is 4. The Bertz CT molecular complexity index is 1200. The molecule has 3 rings (SSSR count). The first-order valence-electron chi connectivity index (χ1n) is 11.0. The molecule has 0 saturated heterocycles. The van der Waals surface area contributed by atoms with Crippen LogP contribution < -0.4 is 15.8 Å². The largest absolute Gasteiger partial charge is 0.496 e. The SMILES string of the molecule is [2H]C([2H])([2H])N(Cc1cc(N)c2c(c1OC)C(=O)NC2(O)c1cc(F)ccc1Cl)C(=O)OC(C)(C)C. The minimum absolute atomic E-state index is 0.0389. The normalized spacial score (nSPS) is 19.3. The number of aliphatic hydroxyl groups is 1. The van der Waals surface area contributed by atoms with E-state index in [9.17, 15) is 19.1 Å². The van der Waals surface area contributed by atoms with Gasteiger partial charge in [0, 0.05) is 38.5 Å². The summed E-state index contributed by atoms with van der Waals surface area (Å²) < 4.78 is 47.9. The number of nitrogen functional groups attached to an aromatic ring is 1. The van der Waals surface area contributed by atoms with E-state index in [4.69, 9.17) is 30.9 Å². The van der Waals surface area contributed by atoms with E-state index in [-0.39, 0.29) is 38.7 Å². The number of ether oxygens (including phenoxy) is 2. The standard InChI is InChI=1S/C22H25ClFN3O5/c1-21(2,3)32-20(29)27(4)10-11-8-15(25)17-16(18(11)31-5)19(28)26-22(17,30)13-9-12(24)6-7-14(13)23/h6-9,30H,10,25H2,1-5H3,(H,26,28)/i4D3. The number of fused-ring (bicyclic) bond motifs is 1. The summed E-state index contributed by atoms with van der Waals surface area (Å²) in [5.41, 5.74) is 2.34. The average molecular weight is 469 g/mol. The third-order valence-electron chi connectivity index (χ3n) is 4.74. The Morgan fingerprint density at radius 1 is 1.41 bits per heavy atom. The maximum absolute atomic E-state index is 14.0. The maximum Gasteiger partial charge on any atom is 0.410 e. The number of amides is 2. The molecule has 1 aliphatic rings. The monoisotopic (exact) mass is 468 g/mol. The second-order valence-electron chi connectivity index (χ2n) is 8.26. The summed E-state index contributed by atoms with van der Waals surface area (Å²) in [6, 6.07) is 4.51. The van der Waals surface area contributed by atoms with Crippen molar-refractivity contribution in [2.24, 2.45) is 0 Å². The van der Waals surface area contributed by atoms with E-state index in [1.807, 2.05) is 0 Å². The first-order chi connectivity index (χ1) is 16.0. The molecule has 1 unspecified atom stereocenters. The fourth-order valence-electron chi connectivity index (χ4n) is 3.52. The van der Waals surface area contributed by atoms with Gasteiger partial charge < -0.3 is 30.5 Å². The molecule has 2 amide bonds. The van der Waals surface area contributed by atoms with Crippen LogP contribution in [0.15, 0.2) is 24.3 Å². The van der Waals surface area contributed by atoms with Gasteiger partial charge in [0.05, 0.1) is 19.2 Å². The second kappa shape index (κ2) is 8.14. The van der Waals surface area contributed by atoms with E-state index in [0.29, 0.717) is 4.90 Å². The van der Waals surface area contributed by atoms with Crippen molar-refractivity contribution in [3.05, 3.63) is 57.4 Å². The van der Waals surface area contributed by atoms with Crippen molar-refractivity contribution in [1.29, 1.82) is 0 Å². The van der Waals surface area contributed by atoms with Crippen molar-refractivity contribution >= 4 is 29.3 Å². The topological polar surface area (TPSA) is 114 Å². The number of benzene rings is 2. The number of carbonyl (C=O) groups is 2. The van der Waals surface area contributed by atoms with Crippen LogP contribution in [-0.2, 0) is 17.0 Å².